The van der Waals surface area contributed by atoms with Gasteiger partial charge in [-0.2, -0.15) is 4.31 Å². The molecule has 0 spiro atoms. The van der Waals surface area contributed by atoms with Gasteiger partial charge in [-0.1, -0.05) is 0 Å². The van der Waals surface area contributed by atoms with Crippen molar-refractivity contribution in [2.24, 2.45) is 0 Å². The van der Waals surface area contributed by atoms with Crippen LogP contribution in [-0.2, 0) is 19.5 Å². The third-order valence-corrected chi connectivity index (χ3v) is 7.37. The van der Waals surface area contributed by atoms with E-state index in [1.165, 1.54) is 10.4 Å². The molecule has 1 amide bonds. The Morgan fingerprint density at radius 1 is 1.09 bits per heavy atom. The second-order valence-corrected chi connectivity index (χ2v) is 9.48. The minimum absolute atomic E-state index is 0.118. The summed E-state index contributed by atoms with van der Waals surface area (Å²) < 4.78 is 44.1. The van der Waals surface area contributed by atoms with Crippen LogP contribution >= 0.6 is 0 Å². The molecular weight excluding hydrogens is 448 g/mol. The summed E-state index contributed by atoms with van der Waals surface area (Å²) in [5, 5.41) is 2.89. The number of morpholine rings is 2. The van der Waals surface area contributed by atoms with Crippen LogP contribution in [-0.4, -0.2) is 82.8 Å². The van der Waals surface area contributed by atoms with Crippen LogP contribution in [0.1, 0.15) is 17.3 Å². The van der Waals surface area contributed by atoms with Crippen LogP contribution in [0.15, 0.2) is 41.4 Å². The fourth-order valence-corrected chi connectivity index (χ4v) is 5.23. The molecule has 1 aromatic carbocycles. The topological polar surface area (TPSA) is 110 Å². The summed E-state index contributed by atoms with van der Waals surface area (Å²) >= 11 is 0. The quantitative estimate of drug-likeness (QED) is 0.642. The summed E-state index contributed by atoms with van der Waals surface area (Å²) in [6.45, 7) is 5.86. The number of sulfonamides is 1. The van der Waals surface area contributed by atoms with Gasteiger partial charge in [0.25, 0.3) is 5.91 Å². The molecular formula is C22H28N4O6S. The number of hydrogen-bond donors (Lipinski definition) is 1. The summed E-state index contributed by atoms with van der Waals surface area (Å²) in [5.74, 6) is -0.204. The van der Waals surface area contributed by atoms with Crippen LogP contribution in [0.25, 0.3) is 0 Å². The first-order chi connectivity index (χ1) is 16.0. The van der Waals surface area contributed by atoms with Crippen LogP contribution in [0.4, 0.5) is 11.4 Å². The van der Waals surface area contributed by atoms with Gasteiger partial charge in [-0.15, -0.1) is 0 Å². The van der Waals surface area contributed by atoms with Crippen molar-refractivity contribution in [3.63, 3.8) is 0 Å². The maximum atomic E-state index is 13.2. The SMILES string of the molecule is CCOc1ncccc1C(=O)Nc1cc(S(=O)(=O)N2CCOCC2)ccc1N1CCOCC1. The molecule has 1 aromatic heterocycles. The van der Waals surface area contributed by atoms with E-state index < -0.39 is 15.9 Å². The van der Waals surface area contributed by atoms with Crippen LogP contribution in [0.5, 0.6) is 5.88 Å². The van der Waals surface area contributed by atoms with Gasteiger partial charge in [-0.05, 0) is 37.3 Å². The van der Waals surface area contributed by atoms with Crippen molar-refractivity contribution in [3.8, 4) is 5.88 Å². The van der Waals surface area contributed by atoms with Crippen molar-refractivity contribution >= 4 is 27.3 Å². The molecule has 0 bridgehead atoms. The minimum atomic E-state index is -3.73. The van der Waals surface area contributed by atoms with Crippen molar-refractivity contribution in [2.75, 3.05) is 69.4 Å². The number of hydrogen-bond acceptors (Lipinski definition) is 8. The highest BCUT2D eigenvalue weighted by molar-refractivity contribution is 7.89. The summed E-state index contributed by atoms with van der Waals surface area (Å²) in [6.07, 6.45) is 1.55. The monoisotopic (exact) mass is 476 g/mol. The largest absolute Gasteiger partial charge is 0.477 e. The lowest BCUT2D eigenvalue weighted by Gasteiger charge is -2.31. The van der Waals surface area contributed by atoms with E-state index in [-0.39, 0.29) is 16.3 Å². The molecule has 33 heavy (non-hydrogen) atoms. The average molecular weight is 477 g/mol. The summed E-state index contributed by atoms with van der Waals surface area (Å²) in [7, 11) is -3.73. The molecule has 4 rings (SSSR count). The van der Waals surface area contributed by atoms with Crippen molar-refractivity contribution in [3.05, 3.63) is 42.1 Å². The van der Waals surface area contributed by atoms with E-state index in [9.17, 15) is 13.2 Å². The molecule has 2 aromatic rings. The first-order valence-corrected chi connectivity index (χ1v) is 12.4. The van der Waals surface area contributed by atoms with Crippen LogP contribution in [0.3, 0.4) is 0 Å². The Morgan fingerprint density at radius 2 is 1.79 bits per heavy atom. The number of carbonyl (C=O) groups is 1. The molecule has 2 aliphatic heterocycles. The van der Waals surface area contributed by atoms with E-state index >= 15 is 0 Å². The lowest BCUT2D eigenvalue weighted by molar-refractivity contribution is 0.0730. The molecule has 178 valence electrons. The zero-order valence-electron chi connectivity index (χ0n) is 18.5. The molecule has 3 heterocycles. The zero-order chi connectivity index (χ0) is 23.3. The highest BCUT2D eigenvalue weighted by atomic mass is 32.2. The fraction of sp³-hybridized carbons (Fsp3) is 0.455. The first-order valence-electron chi connectivity index (χ1n) is 10.9. The molecule has 2 fully saturated rings. The summed E-state index contributed by atoms with van der Waals surface area (Å²) in [4.78, 5) is 19.5. The Morgan fingerprint density at radius 3 is 2.48 bits per heavy atom. The number of anilines is 2. The second-order valence-electron chi connectivity index (χ2n) is 7.54. The summed E-state index contributed by atoms with van der Waals surface area (Å²) in [5.41, 5.74) is 1.41. The number of carbonyl (C=O) groups excluding carboxylic acids is 1. The second kappa shape index (κ2) is 10.5. The zero-order valence-corrected chi connectivity index (χ0v) is 19.3. The fourth-order valence-electron chi connectivity index (χ4n) is 3.80. The van der Waals surface area contributed by atoms with E-state index in [1.807, 2.05) is 6.92 Å². The highest BCUT2D eigenvalue weighted by Gasteiger charge is 2.28. The number of rotatable bonds is 7. The van der Waals surface area contributed by atoms with Crippen molar-refractivity contribution < 1.29 is 27.4 Å². The van der Waals surface area contributed by atoms with Gasteiger partial charge < -0.3 is 24.4 Å². The van der Waals surface area contributed by atoms with E-state index in [2.05, 4.69) is 15.2 Å². The van der Waals surface area contributed by atoms with Crippen molar-refractivity contribution in [1.29, 1.82) is 0 Å². The van der Waals surface area contributed by atoms with Crippen molar-refractivity contribution in [1.82, 2.24) is 9.29 Å². The molecule has 0 aliphatic carbocycles. The Labute approximate surface area is 193 Å². The van der Waals surface area contributed by atoms with Crippen molar-refractivity contribution in [2.45, 2.75) is 11.8 Å². The van der Waals surface area contributed by atoms with E-state index in [0.29, 0.717) is 64.9 Å². The predicted octanol–water partition coefficient (Wildman–Crippen LogP) is 1.59. The maximum Gasteiger partial charge on any atom is 0.261 e. The van der Waals surface area contributed by atoms with Gasteiger partial charge in [0.05, 0.1) is 49.3 Å². The lowest BCUT2D eigenvalue weighted by atomic mass is 10.2. The van der Waals surface area contributed by atoms with Gasteiger partial charge >= 0.3 is 0 Å². The van der Waals surface area contributed by atoms with E-state index in [0.717, 1.165) is 5.69 Å². The molecule has 10 nitrogen and oxygen atoms in total. The maximum absolute atomic E-state index is 13.2. The standard InChI is InChI=1S/C22H28N4O6S/c1-2-32-22-18(4-3-7-23-22)21(27)24-19-16-17(33(28,29)26-10-14-31-15-11-26)5-6-20(19)25-8-12-30-13-9-25/h3-7,16H,2,8-15H2,1H3,(H,24,27). The Kier molecular flexibility index (Phi) is 7.43. The minimum Gasteiger partial charge on any atom is -0.477 e. The number of aromatic nitrogens is 1. The van der Waals surface area contributed by atoms with Crippen LogP contribution in [0.2, 0.25) is 0 Å². The normalized spacial score (nSPS) is 17.5. The molecule has 0 atom stereocenters. The third kappa shape index (κ3) is 5.27. The lowest BCUT2D eigenvalue weighted by Crippen LogP contribution is -2.40. The number of ether oxygens (including phenoxy) is 3. The van der Waals surface area contributed by atoms with Crippen LogP contribution < -0.4 is 15.0 Å². The van der Waals surface area contributed by atoms with Gasteiger partial charge in [-0.3, -0.25) is 4.79 Å². The van der Waals surface area contributed by atoms with Gasteiger partial charge in [0, 0.05) is 32.4 Å². The van der Waals surface area contributed by atoms with Gasteiger partial charge in [0.1, 0.15) is 5.56 Å². The smallest absolute Gasteiger partial charge is 0.261 e. The Balaban J connectivity index is 1.69. The molecule has 0 saturated carbocycles. The third-order valence-electron chi connectivity index (χ3n) is 5.47. The summed E-state index contributed by atoms with van der Waals surface area (Å²) in [6, 6.07) is 8.11. The van der Waals surface area contributed by atoms with E-state index in [4.69, 9.17) is 14.2 Å². The number of nitrogens with zero attached hydrogens (tertiary/aromatic N) is 3. The molecule has 0 unspecified atom stereocenters. The molecule has 2 aliphatic rings. The van der Waals surface area contributed by atoms with E-state index in [1.54, 1.807) is 30.5 Å². The predicted molar refractivity (Wildman–Crippen MR) is 122 cm³/mol. The molecule has 0 radical (unpaired) electrons. The highest BCUT2D eigenvalue weighted by Crippen LogP contribution is 2.32. The van der Waals surface area contributed by atoms with Gasteiger partial charge in [-0.25, -0.2) is 13.4 Å². The first kappa shape index (κ1) is 23.4. The number of benzene rings is 1. The number of pyridine rings is 1. The Hall–Kier alpha value is -2.73. The number of nitrogens with one attached hydrogen (secondary N) is 1. The Bertz CT molecular complexity index is 1080. The molecule has 1 N–H and O–H groups in total. The van der Waals surface area contributed by atoms with Gasteiger partial charge in [0.15, 0.2) is 0 Å². The average Bonchev–Trinajstić information content (AvgIpc) is 2.85. The molecule has 11 heteroatoms. The van der Waals surface area contributed by atoms with Crippen LogP contribution in [0, 0.1) is 0 Å². The molecule has 2 saturated heterocycles. The number of amides is 1. The van der Waals surface area contributed by atoms with Gasteiger partial charge in [0.2, 0.25) is 15.9 Å².